The van der Waals surface area contributed by atoms with Gasteiger partial charge in [-0.15, -0.1) is 0 Å². The lowest BCUT2D eigenvalue weighted by molar-refractivity contribution is -0.120. The summed E-state index contributed by atoms with van der Waals surface area (Å²) < 4.78 is 0. The van der Waals surface area contributed by atoms with E-state index in [1.54, 1.807) is 0 Å². The summed E-state index contributed by atoms with van der Waals surface area (Å²) in [4.78, 5) is 10.9. The van der Waals surface area contributed by atoms with E-state index in [1.165, 1.54) is 0 Å². The number of primary amides is 1. The van der Waals surface area contributed by atoms with Crippen LogP contribution in [0.1, 0.15) is 40.0 Å². The molecular formula is C9H20N2O. The van der Waals surface area contributed by atoms with Crippen molar-refractivity contribution in [3.63, 3.8) is 0 Å². The van der Waals surface area contributed by atoms with Crippen LogP contribution in [0.4, 0.5) is 0 Å². The molecule has 0 fully saturated rings. The highest BCUT2D eigenvalue weighted by Crippen LogP contribution is 2.00. The molecule has 3 nitrogen and oxygen atoms in total. The van der Waals surface area contributed by atoms with Gasteiger partial charge < -0.3 is 11.1 Å². The predicted octanol–water partition coefficient (Wildman–Crippen LogP) is 1.03. The zero-order chi connectivity index (χ0) is 9.56. The molecule has 1 unspecified atom stereocenters. The van der Waals surface area contributed by atoms with Crippen LogP contribution in [0.5, 0.6) is 0 Å². The Kier molecular flexibility index (Phi) is 5.72. The molecule has 3 heteroatoms. The van der Waals surface area contributed by atoms with Crippen molar-refractivity contribution in [3.05, 3.63) is 0 Å². The molecule has 0 bridgehead atoms. The van der Waals surface area contributed by atoms with E-state index in [0.29, 0.717) is 6.04 Å². The van der Waals surface area contributed by atoms with E-state index in [4.69, 9.17) is 5.73 Å². The van der Waals surface area contributed by atoms with Gasteiger partial charge in [-0.05, 0) is 6.42 Å². The second-order valence-electron chi connectivity index (χ2n) is 3.42. The van der Waals surface area contributed by atoms with Gasteiger partial charge in [0.1, 0.15) is 0 Å². The molecule has 3 N–H and O–H groups in total. The number of amides is 1. The summed E-state index contributed by atoms with van der Waals surface area (Å²) in [5, 5.41) is 3.14. The molecule has 0 radical (unpaired) electrons. The van der Waals surface area contributed by atoms with Crippen molar-refractivity contribution in [2.75, 3.05) is 0 Å². The van der Waals surface area contributed by atoms with Gasteiger partial charge in [-0.25, -0.2) is 0 Å². The van der Waals surface area contributed by atoms with E-state index < -0.39 is 0 Å². The third kappa shape index (κ3) is 5.13. The van der Waals surface area contributed by atoms with Gasteiger partial charge >= 0.3 is 0 Å². The minimum absolute atomic E-state index is 0.148. The van der Waals surface area contributed by atoms with E-state index in [2.05, 4.69) is 12.2 Å². The van der Waals surface area contributed by atoms with Crippen LogP contribution in [0.25, 0.3) is 0 Å². The molecule has 0 aromatic carbocycles. The fourth-order valence-electron chi connectivity index (χ4n) is 1.12. The van der Waals surface area contributed by atoms with E-state index in [9.17, 15) is 4.79 Å². The summed E-state index contributed by atoms with van der Waals surface area (Å²) >= 11 is 0. The van der Waals surface area contributed by atoms with E-state index in [0.717, 1.165) is 19.3 Å². The number of hydrogen-bond acceptors (Lipinski definition) is 2. The van der Waals surface area contributed by atoms with Gasteiger partial charge in [-0.1, -0.05) is 33.6 Å². The maximum atomic E-state index is 10.9. The quantitative estimate of drug-likeness (QED) is 0.628. The highest BCUT2D eigenvalue weighted by Gasteiger charge is 2.14. The Morgan fingerprint density at radius 3 is 2.42 bits per heavy atom. The van der Waals surface area contributed by atoms with Crippen molar-refractivity contribution in [1.82, 2.24) is 5.32 Å². The molecule has 0 aromatic rings. The van der Waals surface area contributed by atoms with Crippen LogP contribution < -0.4 is 11.1 Å². The van der Waals surface area contributed by atoms with Gasteiger partial charge in [0.05, 0.1) is 6.04 Å². The van der Waals surface area contributed by atoms with Crippen LogP contribution in [-0.2, 0) is 4.79 Å². The zero-order valence-corrected chi connectivity index (χ0v) is 8.26. The summed E-state index contributed by atoms with van der Waals surface area (Å²) in [5.41, 5.74) is 5.22. The van der Waals surface area contributed by atoms with Crippen molar-refractivity contribution in [1.29, 1.82) is 0 Å². The number of hydrogen-bond donors (Lipinski definition) is 2. The molecule has 1 amide bonds. The molecule has 0 rings (SSSR count). The molecule has 12 heavy (non-hydrogen) atoms. The fourth-order valence-corrected chi connectivity index (χ4v) is 1.12. The minimum atomic E-state index is -0.239. The SMILES string of the molecule is CCCCC(NC(C)C)C(N)=O. The molecule has 0 saturated carbocycles. The maximum Gasteiger partial charge on any atom is 0.234 e. The average molecular weight is 172 g/mol. The lowest BCUT2D eigenvalue weighted by Gasteiger charge is -2.17. The maximum absolute atomic E-state index is 10.9. The molecule has 0 heterocycles. The molecule has 0 aliphatic carbocycles. The standard InChI is InChI=1S/C9H20N2O/c1-4-5-6-8(9(10)12)11-7(2)3/h7-8,11H,4-6H2,1-3H3,(H2,10,12). The van der Waals surface area contributed by atoms with Crippen LogP contribution in [0.15, 0.2) is 0 Å². The zero-order valence-electron chi connectivity index (χ0n) is 8.26. The summed E-state index contributed by atoms with van der Waals surface area (Å²) in [5.74, 6) is -0.239. The lowest BCUT2D eigenvalue weighted by atomic mass is 10.1. The number of nitrogens with one attached hydrogen (secondary N) is 1. The molecule has 72 valence electrons. The van der Waals surface area contributed by atoms with Crippen molar-refractivity contribution >= 4 is 5.91 Å². The third-order valence-electron chi connectivity index (χ3n) is 1.72. The summed E-state index contributed by atoms with van der Waals surface area (Å²) in [7, 11) is 0. The molecule has 0 saturated heterocycles. The Bertz CT molecular complexity index is 134. The molecule has 0 aliphatic heterocycles. The smallest absolute Gasteiger partial charge is 0.234 e. The largest absolute Gasteiger partial charge is 0.368 e. The van der Waals surface area contributed by atoms with Gasteiger partial charge in [-0.2, -0.15) is 0 Å². The Morgan fingerprint density at radius 1 is 1.50 bits per heavy atom. The molecule has 0 spiro atoms. The van der Waals surface area contributed by atoms with Crippen molar-refractivity contribution in [2.45, 2.75) is 52.1 Å². The molecular weight excluding hydrogens is 152 g/mol. The van der Waals surface area contributed by atoms with E-state index in [-0.39, 0.29) is 11.9 Å². The van der Waals surface area contributed by atoms with Crippen molar-refractivity contribution in [2.24, 2.45) is 5.73 Å². The Morgan fingerprint density at radius 2 is 2.08 bits per heavy atom. The normalized spacial score (nSPS) is 13.3. The topological polar surface area (TPSA) is 55.1 Å². The number of rotatable bonds is 6. The summed E-state index contributed by atoms with van der Waals surface area (Å²) in [6.45, 7) is 6.14. The van der Waals surface area contributed by atoms with Crippen LogP contribution in [0, 0.1) is 0 Å². The van der Waals surface area contributed by atoms with E-state index >= 15 is 0 Å². The Hall–Kier alpha value is -0.570. The first-order valence-corrected chi connectivity index (χ1v) is 4.63. The first-order valence-electron chi connectivity index (χ1n) is 4.63. The molecule has 0 aliphatic rings. The predicted molar refractivity (Wildman–Crippen MR) is 50.8 cm³/mol. The highest BCUT2D eigenvalue weighted by molar-refractivity contribution is 5.79. The second-order valence-corrected chi connectivity index (χ2v) is 3.42. The van der Waals surface area contributed by atoms with E-state index in [1.807, 2.05) is 13.8 Å². The van der Waals surface area contributed by atoms with Gasteiger partial charge in [0.2, 0.25) is 5.91 Å². The second kappa shape index (κ2) is 6.00. The highest BCUT2D eigenvalue weighted by atomic mass is 16.1. The van der Waals surface area contributed by atoms with Gasteiger partial charge in [0, 0.05) is 6.04 Å². The van der Waals surface area contributed by atoms with Crippen LogP contribution >= 0.6 is 0 Å². The molecule has 1 atom stereocenters. The van der Waals surface area contributed by atoms with Gasteiger partial charge in [0.25, 0.3) is 0 Å². The number of nitrogens with two attached hydrogens (primary N) is 1. The Balaban J connectivity index is 3.78. The first kappa shape index (κ1) is 11.4. The number of unbranched alkanes of at least 4 members (excludes halogenated alkanes) is 1. The number of carbonyl (C=O) groups excluding carboxylic acids is 1. The first-order chi connectivity index (χ1) is 5.57. The van der Waals surface area contributed by atoms with Crippen LogP contribution in [-0.4, -0.2) is 18.0 Å². The summed E-state index contributed by atoms with van der Waals surface area (Å²) in [6.07, 6.45) is 3.00. The lowest BCUT2D eigenvalue weighted by Crippen LogP contribution is -2.44. The summed E-state index contributed by atoms with van der Waals surface area (Å²) in [6, 6.07) is 0.171. The molecule has 0 aromatic heterocycles. The van der Waals surface area contributed by atoms with Crippen LogP contribution in [0.3, 0.4) is 0 Å². The monoisotopic (exact) mass is 172 g/mol. The van der Waals surface area contributed by atoms with Gasteiger partial charge in [0.15, 0.2) is 0 Å². The minimum Gasteiger partial charge on any atom is -0.368 e. The Labute approximate surface area is 74.7 Å². The van der Waals surface area contributed by atoms with Crippen molar-refractivity contribution in [3.8, 4) is 0 Å². The fraction of sp³-hybridized carbons (Fsp3) is 0.889. The average Bonchev–Trinajstić information content (AvgIpc) is 1.96. The van der Waals surface area contributed by atoms with Crippen LogP contribution in [0.2, 0.25) is 0 Å². The third-order valence-corrected chi connectivity index (χ3v) is 1.72. The number of carbonyl (C=O) groups is 1. The van der Waals surface area contributed by atoms with Gasteiger partial charge in [-0.3, -0.25) is 4.79 Å². The van der Waals surface area contributed by atoms with Crippen molar-refractivity contribution < 1.29 is 4.79 Å².